The molecule has 0 saturated heterocycles. The van der Waals surface area contributed by atoms with E-state index in [0.29, 0.717) is 13.3 Å². The van der Waals surface area contributed by atoms with E-state index in [2.05, 4.69) is 15.9 Å². The van der Waals surface area contributed by atoms with Crippen molar-refractivity contribution in [3.05, 3.63) is 23.8 Å². The summed E-state index contributed by atoms with van der Waals surface area (Å²) in [5, 5.41) is 0. The van der Waals surface area contributed by atoms with Crippen molar-refractivity contribution >= 4 is 20.7 Å². The zero-order valence-corrected chi connectivity index (χ0v) is 10.5. The number of carbonyl (C=O) groups is 1. The van der Waals surface area contributed by atoms with Gasteiger partial charge in [-0.3, -0.25) is 4.79 Å². The highest BCUT2D eigenvalue weighted by atomic mass is 79.9. The van der Waals surface area contributed by atoms with Gasteiger partial charge < -0.3 is 14.4 Å². The van der Waals surface area contributed by atoms with E-state index < -0.39 is 0 Å². The molecule has 1 heterocycles. The molecule has 0 radical (unpaired) electrons. The first-order chi connectivity index (χ1) is 7.66. The number of rotatable bonds is 3. The van der Waals surface area contributed by atoms with E-state index in [1.165, 1.54) is 0 Å². The summed E-state index contributed by atoms with van der Waals surface area (Å²) in [6.45, 7) is 0.961. The molecule has 0 saturated carbocycles. The highest BCUT2D eigenvalue weighted by Crippen LogP contribution is 2.32. The molecule has 1 amide bonds. The molecule has 86 valence electrons. The molecule has 0 bridgehead atoms. The van der Waals surface area contributed by atoms with Gasteiger partial charge in [0.15, 0.2) is 11.5 Å². The Bertz CT molecular complexity index is 408. The molecule has 1 aliphatic rings. The summed E-state index contributed by atoms with van der Waals surface area (Å²) in [5.41, 5.74) is 1.13. The first-order valence-electron chi connectivity index (χ1n) is 4.96. The average Bonchev–Trinajstić information content (AvgIpc) is 2.72. The Morgan fingerprint density at radius 2 is 2.19 bits per heavy atom. The number of hydrogen-bond donors (Lipinski definition) is 0. The van der Waals surface area contributed by atoms with Crippen molar-refractivity contribution in [3.8, 4) is 11.5 Å². The van der Waals surface area contributed by atoms with Gasteiger partial charge in [0.1, 0.15) is 0 Å². The molecule has 1 aromatic rings. The van der Waals surface area contributed by atoms with Crippen LogP contribution in [0.3, 0.4) is 0 Å². The lowest BCUT2D eigenvalue weighted by Crippen LogP contribution is -2.23. The van der Waals surface area contributed by atoms with Crippen LogP contribution >= 0.6 is 15.9 Å². The molecule has 0 aliphatic carbocycles. The van der Waals surface area contributed by atoms with Crippen molar-refractivity contribution in [1.82, 2.24) is 4.90 Å². The second-order valence-corrected chi connectivity index (χ2v) is 4.29. The molecular formula is C11H12BrNO3. The van der Waals surface area contributed by atoms with Crippen LogP contribution < -0.4 is 9.47 Å². The summed E-state index contributed by atoms with van der Waals surface area (Å²) in [4.78, 5) is 12.5. The quantitative estimate of drug-likeness (QED) is 0.632. The van der Waals surface area contributed by atoms with E-state index in [4.69, 9.17) is 9.47 Å². The first-order valence-corrected chi connectivity index (χ1v) is 5.75. The van der Waals surface area contributed by atoms with Crippen LogP contribution in [0.25, 0.3) is 0 Å². The number of nitrogens with zero attached hydrogens (tertiary/aromatic N) is 1. The largest absolute Gasteiger partial charge is 0.454 e. The molecule has 16 heavy (non-hydrogen) atoms. The normalized spacial score (nSPS) is 12.6. The minimum atomic E-state index is -0.103. The molecule has 0 atom stereocenters. The smallest absolute Gasteiger partial charge is 0.289 e. The number of carbonyl (C=O) groups excluding carboxylic acids is 1. The molecule has 1 aromatic carbocycles. The zero-order chi connectivity index (χ0) is 11.5. The standard InChI is InChI=1S/C11H12BrNO3/c1-13(11(12)14)5-4-8-2-3-9-10(6-8)16-7-15-9/h2-3,6H,4-5,7H2,1H3. The van der Waals surface area contributed by atoms with E-state index in [-0.39, 0.29) is 4.82 Å². The molecule has 0 spiro atoms. The summed E-state index contributed by atoms with van der Waals surface area (Å²) < 4.78 is 10.5. The molecule has 1 aliphatic heterocycles. The van der Waals surface area contributed by atoms with Gasteiger partial charge in [-0.25, -0.2) is 0 Å². The van der Waals surface area contributed by atoms with Crippen molar-refractivity contribution in [2.75, 3.05) is 20.4 Å². The Labute approximate surface area is 102 Å². The van der Waals surface area contributed by atoms with Crippen LogP contribution in [-0.2, 0) is 6.42 Å². The van der Waals surface area contributed by atoms with Gasteiger partial charge in [0.25, 0.3) is 4.82 Å². The van der Waals surface area contributed by atoms with E-state index in [1.54, 1.807) is 11.9 Å². The third kappa shape index (κ3) is 2.47. The van der Waals surface area contributed by atoms with Gasteiger partial charge in [0, 0.05) is 29.5 Å². The predicted octanol–water partition coefficient (Wildman–Crippen LogP) is 2.40. The van der Waals surface area contributed by atoms with Gasteiger partial charge in [0.2, 0.25) is 6.79 Å². The number of fused-ring (bicyclic) bond motifs is 1. The van der Waals surface area contributed by atoms with Gasteiger partial charge in [-0.1, -0.05) is 6.07 Å². The summed E-state index contributed by atoms with van der Waals surface area (Å²) >= 11 is 2.91. The van der Waals surface area contributed by atoms with Crippen LogP contribution in [-0.4, -0.2) is 30.1 Å². The van der Waals surface area contributed by atoms with Crippen molar-refractivity contribution in [1.29, 1.82) is 0 Å². The fraction of sp³-hybridized carbons (Fsp3) is 0.364. The Morgan fingerprint density at radius 1 is 1.44 bits per heavy atom. The second-order valence-electron chi connectivity index (χ2n) is 3.61. The van der Waals surface area contributed by atoms with Gasteiger partial charge in [-0.2, -0.15) is 0 Å². The fourth-order valence-corrected chi connectivity index (χ4v) is 1.66. The van der Waals surface area contributed by atoms with Crippen LogP contribution in [0.2, 0.25) is 0 Å². The lowest BCUT2D eigenvalue weighted by molar-refractivity contribution is 0.174. The minimum Gasteiger partial charge on any atom is -0.454 e. The highest BCUT2D eigenvalue weighted by molar-refractivity contribution is 9.18. The van der Waals surface area contributed by atoms with Crippen LogP contribution in [0.4, 0.5) is 4.79 Å². The van der Waals surface area contributed by atoms with E-state index >= 15 is 0 Å². The van der Waals surface area contributed by atoms with Gasteiger partial charge >= 0.3 is 0 Å². The maximum absolute atomic E-state index is 11.0. The SMILES string of the molecule is CN(CCc1ccc2c(c1)OCO2)C(=O)Br. The monoisotopic (exact) mass is 285 g/mol. The van der Waals surface area contributed by atoms with Crippen molar-refractivity contribution in [3.63, 3.8) is 0 Å². The summed E-state index contributed by atoms with van der Waals surface area (Å²) in [7, 11) is 1.75. The Kier molecular flexibility index (Phi) is 3.33. The molecule has 2 rings (SSSR count). The van der Waals surface area contributed by atoms with Crippen LogP contribution in [0.5, 0.6) is 11.5 Å². The average molecular weight is 286 g/mol. The molecule has 5 heteroatoms. The third-order valence-corrected chi connectivity index (χ3v) is 3.08. The van der Waals surface area contributed by atoms with E-state index in [0.717, 1.165) is 23.5 Å². The Balaban J connectivity index is 1.98. The van der Waals surface area contributed by atoms with E-state index in [1.807, 2.05) is 18.2 Å². The number of ether oxygens (including phenoxy) is 2. The Hall–Kier alpha value is -1.23. The Morgan fingerprint density at radius 3 is 2.94 bits per heavy atom. The van der Waals surface area contributed by atoms with Gasteiger partial charge in [0.05, 0.1) is 0 Å². The van der Waals surface area contributed by atoms with Crippen LogP contribution in [0.1, 0.15) is 5.56 Å². The lowest BCUT2D eigenvalue weighted by atomic mass is 10.1. The maximum Gasteiger partial charge on any atom is 0.289 e. The lowest BCUT2D eigenvalue weighted by Gasteiger charge is -2.13. The molecule has 4 nitrogen and oxygen atoms in total. The van der Waals surface area contributed by atoms with Gasteiger partial charge in [-0.15, -0.1) is 0 Å². The topological polar surface area (TPSA) is 38.8 Å². The highest BCUT2D eigenvalue weighted by Gasteiger charge is 2.13. The maximum atomic E-state index is 11.0. The molecule has 0 unspecified atom stereocenters. The predicted molar refractivity (Wildman–Crippen MR) is 63.2 cm³/mol. The van der Waals surface area contributed by atoms with Crippen molar-refractivity contribution < 1.29 is 14.3 Å². The third-order valence-electron chi connectivity index (χ3n) is 2.47. The minimum absolute atomic E-state index is 0.103. The van der Waals surface area contributed by atoms with Crippen LogP contribution in [0.15, 0.2) is 18.2 Å². The number of amides is 1. The number of hydrogen-bond acceptors (Lipinski definition) is 3. The zero-order valence-electron chi connectivity index (χ0n) is 8.90. The molecule has 0 aromatic heterocycles. The van der Waals surface area contributed by atoms with Crippen molar-refractivity contribution in [2.24, 2.45) is 0 Å². The number of likely N-dealkylation sites (N-methyl/N-ethyl adjacent to an activating group) is 1. The van der Waals surface area contributed by atoms with Gasteiger partial charge in [-0.05, 0) is 24.1 Å². The second kappa shape index (κ2) is 4.74. The number of benzene rings is 1. The fourth-order valence-electron chi connectivity index (χ4n) is 1.48. The molecular weight excluding hydrogens is 274 g/mol. The molecule has 0 N–H and O–H groups in total. The number of halogens is 1. The summed E-state index contributed by atoms with van der Waals surface area (Å²) in [5.74, 6) is 1.57. The first kappa shape index (κ1) is 11.3. The molecule has 0 fully saturated rings. The summed E-state index contributed by atoms with van der Waals surface area (Å²) in [6, 6.07) is 5.84. The summed E-state index contributed by atoms with van der Waals surface area (Å²) in [6.07, 6.45) is 0.796. The van der Waals surface area contributed by atoms with Crippen molar-refractivity contribution in [2.45, 2.75) is 6.42 Å². The van der Waals surface area contributed by atoms with E-state index in [9.17, 15) is 4.79 Å². The van der Waals surface area contributed by atoms with Crippen LogP contribution in [0, 0.1) is 0 Å².